The summed E-state index contributed by atoms with van der Waals surface area (Å²) >= 11 is 0. The van der Waals surface area contributed by atoms with Crippen LogP contribution in [0.25, 0.3) is 0 Å². The number of carbonyl (C=O) groups excluding carboxylic acids is 1. The number of aliphatic hydroxyl groups is 1. The van der Waals surface area contributed by atoms with E-state index in [0.717, 1.165) is 0 Å². The first-order chi connectivity index (χ1) is 3.71. The van der Waals surface area contributed by atoms with Gasteiger partial charge in [-0.25, -0.2) is 0 Å². The van der Waals surface area contributed by atoms with E-state index in [9.17, 15) is 4.79 Å². The molecule has 0 saturated carbocycles. The van der Waals surface area contributed by atoms with Crippen molar-refractivity contribution in [2.24, 2.45) is 0 Å². The van der Waals surface area contributed by atoms with Crippen LogP contribution in [0, 0.1) is 0 Å². The third kappa shape index (κ3) is 0.638. The molecule has 0 radical (unpaired) electrons. The van der Waals surface area contributed by atoms with Crippen LogP contribution in [0.5, 0.6) is 0 Å². The van der Waals surface area contributed by atoms with Gasteiger partial charge in [-0.1, -0.05) is 0 Å². The van der Waals surface area contributed by atoms with Crippen molar-refractivity contribution in [1.82, 2.24) is 0 Å². The van der Waals surface area contributed by atoms with Gasteiger partial charge in [0.1, 0.15) is 0 Å². The number of ether oxygens (including phenoxy) is 1. The molecule has 1 N–H and O–H groups in total. The predicted molar refractivity (Wildman–Crippen MR) is 26.4 cm³/mol. The van der Waals surface area contributed by atoms with Gasteiger partial charge in [-0.15, -0.1) is 0 Å². The van der Waals surface area contributed by atoms with E-state index in [1.54, 1.807) is 0 Å². The van der Waals surface area contributed by atoms with Gasteiger partial charge >= 0.3 is 0 Å². The summed E-state index contributed by atoms with van der Waals surface area (Å²) < 4.78 is 4.71. The van der Waals surface area contributed by atoms with Gasteiger partial charge in [0.05, 0.1) is 13.2 Å². The molecule has 1 heterocycles. The molecule has 0 unspecified atom stereocenters. The quantitative estimate of drug-likeness (QED) is 0.487. The molecule has 0 amide bonds. The number of ketones is 1. The molecular formula is C5H8O3. The SMILES string of the molecule is CC(=O)[C@@]1(CO)CO1. The average Bonchev–Trinajstić information content (AvgIpc) is 2.44. The lowest BCUT2D eigenvalue weighted by Gasteiger charge is -1.98. The Hall–Kier alpha value is -0.410. The minimum Gasteiger partial charge on any atom is -0.393 e. The number of hydrogen-bond acceptors (Lipinski definition) is 3. The van der Waals surface area contributed by atoms with Crippen LogP contribution < -0.4 is 0 Å². The maximum Gasteiger partial charge on any atom is 0.172 e. The van der Waals surface area contributed by atoms with E-state index < -0.39 is 5.60 Å². The minimum absolute atomic E-state index is 0.0833. The molecule has 8 heavy (non-hydrogen) atoms. The van der Waals surface area contributed by atoms with E-state index in [-0.39, 0.29) is 12.4 Å². The summed E-state index contributed by atoms with van der Waals surface area (Å²) in [5.74, 6) is -0.0833. The monoisotopic (exact) mass is 116 g/mol. The fourth-order valence-corrected chi connectivity index (χ4v) is 0.493. The van der Waals surface area contributed by atoms with E-state index in [2.05, 4.69) is 0 Å². The van der Waals surface area contributed by atoms with Crippen molar-refractivity contribution in [3.8, 4) is 0 Å². The summed E-state index contributed by atoms with van der Waals surface area (Å²) in [4.78, 5) is 10.5. The summed E-state index contributed by atoms with van der Waals surface area (Å²) in [5.41, 5.74) is -0.792. The Balaban J connectivity index is 2.53. The van der Waals surface area contributed by atoms with Gasteiger partial charge in [0, 0.05) is 0 Å². The Labute approximate surface area is 47.3 Å². The molecule has 1 aliphatic heterocycles. The van der Waals surface area contributed by atoms with Crippen LogP contribution in [0.1, 0.15) is 6.92 Å². The Morgan fingerprint density at radius 1 is 2.00 bits per heavy atom. The zero-order valence-corrected chi connectivity index (χ0v) is 4.68. The largest absolute Gasteiger partial charge is 0.393 e. The standard InChI is InChI=1S/C5H8O3/c1-4(7)5(2-6)3-8-5/h6H,2-3H2,1H3/t5-/m1/s1. The molecule has 3 heteroatoms. The van der Waals surface area contributed by atoms with Crippen molar-refractivity contribution >= 4 is 5.78 Å². The first-order valence-electron chi connectivity index (χ1n) is 2.47. The second-order valence-corrected chi connectivity index (χ2v) is 2.00. The van der Waals surface area contributed by atoms with Crippen LogP contribution in [-0.4, -0.2) is 29.7 Å². The molecule has 1 saturated heterocycles. The van der Waals surface area contributed by atoms with Gasteiger partial charge in [0.25, 0.3) is 0 Å². The van der Waals surface area contributed by atoms with Gasteiger partial charge in [0.15, 0.2) is 11.4 Å². The summed E-state index contributed by atoms with van der Waals surface area (Å²) in [6, 6.07) is 0. The predicted octanol–water partition coefficient (Wildman–Crippen LogP) is -0.663. The van der Waals surface area contributed by atoms with Crippen LogP contribution >= 0.6 is 0 Å². The van der Waals surface area contributed by atoms with Gasteiger partial charge < -0.3 is 9.84 Å². The molecule has 0 aromatic rings. The molecule has 3 nitrogen and oxygen atoms in total. The topological polar surface area (TPSA) is 49.8 Å². The van der Waals surface area contributed by atoms with Crippen molar-refractivity contribution in [3.63, 3.8) is 0 Å². The van der Waals surface area contributed by atoms with E-state index in [0.29, 0.717) is 6.61 Å². The normalized spacial score (nSPS) is 34.8. The molecular weight excluding hydrogens is 108 g/mol. The van der Waals surface area contributed by atoms with Crippen LogP contribution in [-0.2, 0) is 9.53 Å². The fraction of sp³-hybridized carbons (Fsp3) is 0.800. The van der Waals surface area contributed by atoms with Crippen molar-refractivity contribution in [2.45, 2.75) is 12.5 Å². The van der Waals surface area contributed by atoms with E-state index in [1.807, 2.05) is 0 Å². The van der Waals surface area contributed by atoms with E-state index in [1.165, 1.54) is 6.92 Å². The number of aliphatic hydroxyl groups excluding tert-OH is 1. The van der Waals surface area contributed by atoms with Crippen molar-refractivity contribution in [1.29, 1.82) is 0 Å². The lowest BCUT2D eigenvalue weighted by Crippen LogP contribution is -2.25. The first kappa shape index (κ1) is 5.72. The highest BCUT2D eigenvalue weighted by atomic mass is 16.6. The maximum absolute atomic E-state index is 10.5. The number of Topliss-reactive ketones (excluding diaryl/α,β-unsaturated/α-hetero) is 1. The molecule has 0 aromatic carbocycles. The number of epoxide rings is 1. The zero-order chi connectivity index (χ0) is 6.20. The highest BCUT2D eigenvalue weighted by Crippen LogP contribution is 2.26. The van der Waals surface area contributed by atoms with Crippen molar-refractivity contribution in [3.05, 3.63) is 0 Å². The molecule has 0 spiro atoms. The lowest BCUT2D eigenvalue weighted by molar-refractivity contribution is -0.123. The Morgan fingerprint density at radius 2 is 2.50 bits per heavy atom. The summed E-state index contributed by atoms with van der Waals surface area (Å²) in [6.07, 6.45) is 0. The molecule has 1 fully saturated rings. The molecule has 1 atom stereocenters. The second kappa shape index (κ2) is 1.53. The summed E-state index contributed by atoms with van der Waals surface area (Å²) in [5, 5.41) is 8.48. The highest BCUT2D eigenvalue weighted by molar-refractivity contribution is 5.87. The van der Waals surface area contributed by atoms with Crippen LogP contribution in [0.15, 0.2) is 0 Å². The minimum atomic E-state index is -0.792. The lowest BCUT2D eigenvalue weighted by atomic mass is 10.1. The van der Waals surface area contributed by atoms with E-state index in [4.69, 9.17) is 9.84 Å². The third-order valence-corrected chi connectivity index (χ3v) is 1.39. The van der Waals surface area contributed by atoms with E-state index >= 15 is 0 Å². The smallest absolute Gasteiger partial charge is 0.172 e. The molecule has 1 aliphatic rings. The van der Waals surface area contributed by atoms with Crippen molar-refractivity contribution in [2.75, 3.05) is 13.2 Å². The zero-order valence-electron chi connectivity index (χ0n) is 4.68. The molecule has 0 aliphatic carbocycles. The van der Waals surface area contributed by atoms with Gasteiger partial charge in [-0.05, 0) is 6.92 Å². The molecule has 1 rings (SSSR count). The highest BCUT2D eigenvalue weighted by Gasteiger charge is 2.48. The van der Waals surface area contributed by atoms with Crippen molar-refractivity contribution < 1.29 is 14.6 Å². The average molecular weight is 116 g/mol. The van der Waals surface area contributed by atoms with Crippen LogP contribution in [0.4, 0.5) is 0 Å². The molecule has 0 bridgehead atoms. The number of hydrogen-bond donors (Lipinski definition) is 1. The van der Waals surface area contributed by atoms with Gasteiger partial charge in [-0.3, -0.25) is 4.79 Å². The molecule has 46 valence electrons. The maximum atomic E-state index is 10.5. The van der Waals surface area contributed by atoms with Gasteiger partial charge in [0.2, 0.25) is 0 Å². The fourth-order valence-electron chi connectivity index (χ4n) is 0.493. The molecule has 0 aromatic heterocycles. The van der Waals surface area contributed by atoms with Crippen LogP contribution in [0.3, 0.4) is 0 Å². The Bertz CT molecular complexity index is 115. The number of carbonyl (C=O) groups is 1. The Morgan fingerprint density at radius 3 is 2.50 bits per heavy atom. The third-order valence-electron chi connectivity index (χ3n) is 1.39. The number of rotatable bonds is 2. The Kier molecular flexibility index (Phi) is 1.10. The first-order valence-corrected chi connectivity index (χ1v) is 2.47. The summed E-state index contributed by atoms with van der Waals surface area (Å²) in [7, 11) is 0. The second-order valence-electron chi connectivity index (χ2n) is 2.00. The summed E-state index contributed by atoms with van der Waals surface area (Å²) in [6.45, 7) is 1.63. The van der Waals surface area contributed by atoms with Crippen LogP contribution in [0.2, 0.25) is 0 Å². The van der Waals surface area contributed by atoms with Gasteiger partial charge in [-0.2, -0.15) is 0 Å².